The Labute approximate surface area is 218 Å². The summed E-state index contributed by atoms with van der Waals surface area (Å²) < 4.78 is 38.3. The molecule has 3 amide bonds. The zero-order valence-corrected chi connectivity index (χ0v) is 22.5. The van der Waals surface area contributed by atoms with Crippen LogP contribution >= 0.6 is 0 Å². The van der Waals surface area contributed by atoms with Gasteiger partial charge in [-0.05, 0) is 81.5 Å². The summed E-state index contributed by atoms with van der Waals surface area (Å²) in [5.41, 5.74) is -2.29. The monoisotopic (exact) mass is 543 g/mol. The summed E-state index contributed by atoms with van der Waals surface area (Å²) in [6, 6.07) is -2.48. The van der Waals surface area contributed by atoms with Crippen molar-refractivity contribution in [2.75, 3.05) is 13.2 Å². The van der Waals surface area contributed by atoms with Gasteiger partial charge in [0.1, 0.15) is 6.04 Å². The number of nitrogens with one attached hydrogen (secondary N) is 3. The number of hydrogen-bond donors (Lipinski definition) is 5. The molecule has 0 spiro atoms. The number of ether oxygens (including phenoxy) is 1. The molecule has 1 saturated heterocycles. The van der Waals surface area contributed by atoms with Crippen molar-refractivity contribution in [3.63, 3.8) is 0 Å². The second-order valence-electron chi connectivity index (χ2n) is 12.4. The summed E-state index contributed by atoms with van der Waals surface area (Å²) >= 11 is 0. The Morgan fingerprint density at radius 1 is 1.11 bits per heavy atom. The summed E-state index contributed by atoms with van der Waals surface area (Å²) in [6.45, 7) is 4.46. The zero-order chi connectivity index (χ0) is 27.0. The summed E-state index contributed by atoms with van der Waals surface area (Å²) in [4.78, 5) is 38.0. The molecule has 11 nitrogen and oxygen atoms in total. The van der Waals surface area contributed by atoms with Crippen molar-refractivity contribution in [1.82, 2.24) is 16.0 Å². The predicted molar refractivity (Wildman–Crippen MR) is 134 cm³/mol. The number of alkyl carbamates (subject to hydrolysis) is 1. The van der Waals surface area contributed by atoms with E-state index >= 15 is 0 Å². The second-order valence-corrected chi connectivity index (χ2v) is 13.9. The van der Waals surface area contributed by atoms with Crippen molar-refractivity contribution in [1.29, 1.82) is 0 Å². The summed E-state index contributed by atoms with van der Waals surface area (Å²) in [5.74, 6) is 0.494. The van der Waals surface area contributed by atoms with Gasteiger partial charge in [-0.2, -0.15) is 8.42 Å². The highest BCUT2D eigenvalue weighted by atomic mass is 32.2. The Morgan fingerprint density at radius 3 is 2.19 bits per heavy atom. The van der Waals surface area contributed by atoms with Gasteiger partial charge in [-0.25, -0.2) is 4.79 Å². The number of aliphatic hydroxyl groups excluding tert-OH is 1. The topological polar surface area (TPSA) is 171 Å². The van der Waals surface area contributed by atoms with Crippen molar-refractivity contribution in [3.8, 4) is 0 Å². The molecule has 1 heterocycles. The van der Waals surface area contributed by atoms with E-state index < -0.39 is 45.6 Å². The first-order valence-corrected chi connectivity index (χ1v) is 15.0. The molecule has 4 atom stereocenters. The fourth-order valence-corrected chi connectivity index (χ4v) is 8.08. The molecular formula is C25H41N3O8S. The van der Waals surface area contributed by atoms with Crippen LogP contribution in [0.15, 0.2) is 0 Å². The van der Waals surface area contributed by atoms with E-state index in [1.165, 1.54) is 19.3 Å². The van der Waals surface area contributed by atoms with Gasteiger partial charge in [-0.15, -0.1) is 0 Å². The van der Waals surface area contributed by atoms with E-state index in [2.05, 4.69) is 16.0 Å². The third-order valence-electron chi connectivity index (χ3n) is 8.67. The molecule has 210 valence electrons. The molecule has 0 aromatic carbocycles. The van der Waals surface area contributed by atoms with Gasteiger partial charge in [0.25, 0.3) is 10.1 Å². The number of carbonyl (C=O) groups excluding carboxylic acids is 3. The van der Waals surface area contributed by atoms with Crippen LogP contribution in [-0.4, -0.2) is 66.7 Å². The molecule has 37 heavy (non-hydrogen) atoms. The normalized spacial score (nSPS) is 33.1. The molecular weight excluding hydrogens is 502 g/mol. The van der Waals surface area contributed by atoms with Crippen molar-refractivity contribution in [3.05, 3.63) is 0 Å². The van der Waals surface area contributed by atoms with Gasteiger partial charge < -0.3 is 25.8 Å². The lowest BCUT2D eigenvalue weighted by molar-refractivity contribution is -0.126. The lowest BCUT2D eigenvalue weighted by Gasteiger charge is -2.56. The largest absolute Gasteiger partial charge is 0.449 e. The maximum absolute atomic E-state index is 13.2. The van der Waals surface area contributed by atoms with Crippen LogP contribution in [0.2, 0.25) is 0 Å². The van der Waals surface area contributed by atoms with Crippen molar-refractivity contribution in [2.45, 2.75) is 89.2 Å². The SMILES string of the molecule is CC(C)C[C@H](NC(=O)OCC12CC3CC(CC(C3)C1)C2)C(=O)N[C@@H](C[C@@H]1CCNC1=O)C(O)S(=O)(=O)O. The Morgan fingerprint density at radius 2 is 1.70 bits per heavy atom. The number of carbonyl (C=O) groups is 3. The van der Waals surface area contributed by atoms with Gasteiger partial charge >= 0.3 is 6.09 Å². The Hall–Kier alpha value is -1.92. The van der Waals surface area contributed by atoms with E-state index in [1.807, 2.05) is 13.8 Å². The molecule has 4 bridgehead atoms. The van der Waals surface area contributed by atoms with Crippen molar-refractivity contribution >= 4 is 28.0 Å². The highest BCUT2D eigenvalue weighted by molar-refractivity contribution is 7.86. The first-order valence-electron chi connectivity index (χ1n) is 13.5. The van der Waals surface area contributed by atoms with Gasteiger partial charge in [-0.1, -0.05) is 13.8 Å². The molecule has 0 aromatic heterocycles. The van der Waals surface area contributed by atoms with E-state index in [0.717, 1.165) is 19.3 Å². The highest BCUT2D eigenvalue weighted by Gasteiger charge is 2.51. The average molecular weight is 544 g/mol. The smallest absolute Gasteiger partial charge is 0.407 e. The van der Waals surface area contributed by atoms with Gasteiger partial charge in [0.15, 0.2) is 0 Å². The van der Waals surface area contributed by atoms with E-state index in [1.54, 1.807) is 0 Å². The molecule has 12 heteroatoms. The third kappa shape index (κ3) is 6.94. The van der Waals surface area contributed by atoms with Gasteiger partial charge in [0, 0.05) is 17.9 Å². The number of aliphatic hydroxyl groups is 1. The molecule has 5 fully saturated rings. The summed E-state index contributed by atoms with van der Waals surface area (Å²) in [7, 11) is -4.91. The van der Waals surface area contributed by atoms with E-state index in [9.17, 15) is 32.5 Å². The molecule has 5 N–H and O–H groups in total. The lowest BCUT2D eigenvalue weighted by atomic mass is 9.50. The third-order valence-corrected chi connectivity index (χ3v) is 9.61. The molecule has 4 aliphatic carbocycles. The van der Waals surface area contributed by atoms with Crippen LogP contribution in [0.4, 0.5) is 4.79 Å². The van der Waals surface area contributed by atoms with E-state index in [-0.39, 0.29) is 30.1 Å². The number of hydrogen-bond acceptors (Lipinski definition) is 7. The molecule has 5 aliphatic rings. The molecule has 1 aliphatic heterocycles. The predicted octanol–water partition coefficient (Wildman–Crippen LogP) is 1.56. The Kier molecular flexibility index (Phi) is 8.40. The van der Waals surface area contributed by atoms with Crippen LogP contribution in [0.3, 0.4) is 0 Å². The molecule has 5 rings (SSSR count). The lowest BCUT2D eigenvalue weighted by Crippen LogP contribution is -2.55. The first-order chi connectivity index (χ1) is 17.3. The summed E-state index contributed by atoms with van der Waals surface area (Å²) in [6.07, 6.45) is 6.83. The number of amides is 3. The maximum Gasteiger partial charge on any atom is 0.407 e. The zero-order valence-electron chi connectivity index (χ0n) is 21.6. The summed E-state index contributed by atoms with van der Waals surface area (Å²) in [5, 5.41) is 17.9. The molecule has 0 radical (unpaired) electrons. The Balaban J connectivity index is 1.38. The van der Waals surface area contributed by atoms with Crippen LogP contribution in [0, 0.1) is 35.0 Å². The minimum atomic E-state index is -4.91. The van der Waals surface area contributed by atoms with Gasteiger partial charge in [-0.3, -0.25) is 14.1 Å². The van der Waals surface area contributed by atoms with Gasteiger partial charge in [0.2, 0.25) is 17.3 Å². The highest BCUT2D eigenvalue weighted by Crippen LogP contribution is 2.60. The van der Waals surface area contributed by atoms with Crippen molar-refractivity contribution in [2.24, 2.45) is 35.0 Å². The van der Waals surface area contributed by atoms with Crippen LogP contribution in [0.25, 0.3) is 0 Å². The standard InChI is InChI=1S/C25H41N3O8S/c1-14(2)5-19(22(30)27-20(23(31)37(33,34)35)9-18-3-4-26-21(18)29)28-24(32)36-13-25-10-15-6-16(11-25)8-17(7-15)12-25/h14-20,23,31H,3-13H2,1-2H3,(H,26,29)(H,27,30)(H,28,32)(H,33,34,35)/t15?,16?,17?,18-,19-,20-,23?,25?/m0/s1. The Bertz CT molecular complexity index is 949. The van der Waals surface area contributed by atoms with Gasteiger partial charge in [0.05, 0.1) is 12.6 Å². The fourth-order valence-electron chi connectivity index (χ4n) is 7.49. The van der Waals surface area contributed by atoms with E-state index in [0.29, 0.717) is 37.3 Å². The van der Waals surface area contributed by atoms with Crippen LogP contribution in [-0.2, 0) is 24.4 Å². The molecule has 1 unspecified atom stereocenters. The maximum atomic E-state index is 13.2. The van der Waals surface area contributed by atoms with Crippen molar-refractivity contribution < 1.29 is 37.2 Å². The fraction of sp³-hybridized carbons (Fsp3) is 0.880. The minimum absolute atomic E-state index is 0.00441. The van der Waals surface area contributed by atoms with Crippen LogP contribution in [0.1, 0.15) is 71.6 Å². The molecule has 0 aromatic rings. The van der Waals surface area contributed by atoms with E-state index in [4.69, 9.17) is 4.74 Å². The molecule has 4 saturated carbocycles. The average Bonchev–Trinajstić information content (AvgIpc) is 3.18. The first kappa shape index (κ1) is 28.1. The van der Waals surface area contributed by atoms with Crippen LogP contribution in [0.5, 0.6) is 0 Å². The quantitative estimate of drug-likeness (QED) is 0.244. The number of rotatable bonds is 11. The van der Waals surface area contributed by atoms with Crippen LogP contribution < -0.4 is 16.0 Å². The second kappa shape index (κ2) is 11.1. The minimum Gasteiger partial charge on any atom is -0.449 e.